The van der Waals surface area contributed by atoms with Crippen LogP contribution in [0, 0.1) is 35.0 Å². The highest BCUT2D eigenvalue weighted by atomic mass is 16.3. The normalized spacial score (nSPS) is 36.0. The van der Waals surface area contributed by atoms with Crippen LogP contribution in [0.4, 0.5) is 0 Å². The highest BCUT2D eigenvalue weighted by molar-refractivity contribution is 5.38. The molecule has 0 heterocycles. The molecule has 34 heavy (non-hydrogen) atoms. The van der Waals surface area contributed by atoms with Gasteiger partial charge in [0.15, 0.2) is 0 Å². The summed E-state index contributed by atoms with van der Waals surface area (Å²) < 4.78 is 0. The van der Waals surface area contributed by atoms with Gasteiger partial charge in [0.1, 0.15) is 0 Å². The molecular weight excluding hydrogens is 420 g/mol. The van der Waals surface area contributed by atoms with Crippen LogP contribution in [0.1, 0.15) is 106 Å². The second-order valence-corrected chi connectivity index (χ2v) is 12.8. The minimum absolute atomic E-state index is 0.291. The Morgan fingerprint density at radius 3 is 2.41 bits per heavy atom. The Labute approximate surface area is 209 Å². The molecule has 3 aliphatic carbocycles. The van der Waals surface area contributed by atoms with Gasteiger partial charge in [-0.3, -0.25) is 0 Å². The van der Waals surface area contributed by atoms with Crippen molar-refractivity contribution in [3.63, 3.8) is 0 Å². The number of hydrogen-bond donors (Lipinski definition) is 3. The van der Waals surface area contributed by atoms with Crippen LogP contribution in [0.25, 0.3) is 0 Å². The van der Waals surface area contributed by atoms with Gasteiger partial charge in [0.05, 0.1) is 17.8 Å². The van der Waals surface area contributed by atoms with Crippen molar-refractivity contribution >= 4 is 0 Å². The zero-order chi connectivity index (χ0) is 25.3. The van der Waals surface area contributed by atoms with Gasteiger partial charge in [-0.2, -0.15) is 0 Å². The zero-order valence-corrected chi connectivity index (χ0v) is 22.8. The average Bonchev–Trinajstić information content (AvgIpc) is 3.12. The molecule has 0 aliphatic heterocycles. The lowest BCUT2D eigenvalue weighted by atomic mass is 9.60. The molecule has 3 N–H and O–H groups in total. The Morgan fingerprint density at radius 2 is 1.76 bits per heavy atom. The first-order valence-electron chi connectivity index (χ1n) is 14.1. The smallest absolute Gasteiger partial charge is 0.0811 e. The minimum Gasteiger partial charge on any atom is -0.393 e. The van der Waals surface area contributed by atoms with E-state index >= 15 is 0 Å². The first-order chi connectivity index (χ1) is 15.9. The van der Waals surface area contributed by atoms with Crippen molar-refractivity contribution in [1.29, 1.82) is 0 Å². The van der Waals surface area contributed by atoms with E-state index in [-0.39, 0.29) is 0 Å². The van der Waals surface area contributed by atoms with Crippen molar-refractivity contribution in [2.75, 3.05) is 0 Å². The fraction of sp³-hybridized carbons (Fsp3) is 0.806. The van der Waals surface area contributed by atoms with E-state index in [4.69, 9.17) is 0 Å². The molecule has 0 aromatic rings. The maximum Gasteiger partial charge on any atom is 0.0811 e. The summed E-state index contributed by atoms with van der Waals surface area (Å²) in [6, 6.07) is 0. The van der Waals surface area contributed by atoms with Crippen LogP contribution in [-0.4, -0.2) is 33.1 Å². The van der Waals surface area contributed by atoms with Gasteiger partial charge in [-0.1, -0.05) is 78.7 Å². The van der Waals surface area contributed by atoms with Gasteiger partial charge >= 0.3 is 0 Å². The number of aliphatic hydroxyl groups is 3. The lowest BCUT2D eigenvalue weighted by molar-refractivity contribution is -0.0568. The molecule has 0 saturated heterocycles. The molecule has 3 nitrogen and oxygen atoms in total. The molecule has 3 saturated carbocycles. The molecule has 0 spiro atoms. The van der Waals surface area contributed by atoms with E-state index in [2.05, 4.69) is 60.3 Å². The second kappa shape index (κ2) is 11.0. The number of hydrogen-bond acceptors (Lipinski definition) is 3. The molecule has 3 aliphatic rings. The Bertz CT molecular complexity index is 768. The number of rotatable bonds is 8. The summed E-state index contributed by atoms with van der Waals surface area (Å²) in [4.78, 5) is 0. The standard InChI is InChI=1S/C31H52O3/c1-20(2)31(34,21(3)4)17-8-10-22(5)27-14-15-28-24(11-9-16-30(27,28)7)12-13-25-18-26(32)19-29(33)23(25)6/h12-13,20-22,26-29,32-34H,6,8-11,14-19H2,1-5,7H3/b24-12+,25-13-/t22-,26-,27?,28?,29+,30-/m1/s1. The summed E-state index contributed by atoms with van der Waals surface area (Å²) >= 11 is 0. The van der Waals surface area contributed by atoms with Crippen LogP contribution in [0.3, 0.4) is 0 Å². The first kappa shape index (κ1) is 27.7. The molecule has 3 fully saturated rings. The molecule has 0 radical (unpaired) electrons. The topological polar surface area (TPSA) is 60.7 Å². The van der Waals surface area contributed by atoms with Gasteiger partial charge in [0.2, 0.25) is 0 Å². The van der Waals surface area contributed by atoms with Gasteiger partial charge in [-0.15, -0.1) is 0 Å². The van der Waals surface area contributed by atoms with Crippen LogP contribution in [0.2, 0.25) is 0 Å². The van der Waals surface area contributed by atoms with E-state index in [0.717, 1.165) is 29.9 Å². The molecule has 0 aromatic carbocycles. The van der Waals surface area contributed by atoms with E-state index in [0.29, 0.717) is 41.9 Å². The summed E-state index contributed by atoms with van der Waals surface area (Å²) in [6.45, 7) is 17.7. The predicted molar refractivity (Wildman–Crippen MR) is 142 cm³/mol. The minimum atomic E-state index is -0.620. The van der Waals surface area contributed by atoms with Gasteiger partial charge in [-0.25, -0.2) is 0 Å². The average molecular weight is 473 g/mol. The molecule has 3 heteroatoms. The maximum absolute atomic E-state index is 11.2. The highest BCUT2D eigenvalue weighted by Gasteiger charge is 2.50. The molecule has 0 bridgehead atoms. The largest absolute Gasteiger partial charge is 0.393 e. The highest BCUT2D eigenvalue weighted by Crippen LogP contribution is 2.60. The van der Waals surface area contributed by atoms with Gasteiger partial charge in [-0.05, 0) is 91.1 Å². The fourth-order valence-electron chi connectivity index (χ4n) is 7.83. The summed E-state index contributed by atoms with van der Waals surface area (Å²) in [5.41, 5.74) is 3.16. The van der Waals surface area contributed by atoms with Gasteiger partial charge in [0, 0.05) is 6.42 Å². The lowest BCUT2D eigenvalue weighted by Crippen LogP contribution is -2.40. The van der Waals surface area contributed by atoms with E-state index in [1.165, 1.54) is 38.5 Å². The first-order valence-corrected chi connectivity index (χ1v) is 14.1. The van der Waals surface area contributed by atoms with E-state index in [9.17, 15) is 15.3 Å². The molecule has 3 rings (SSSR count). The van der Waals surface area contributed by atoms with E-state index < -0.39 is 17.8 Å². The van der Waals surface area contributed by atoms with Crippen LogP contribution in [0.15, 0.2) is 35.5 Å². The summed E-state index contributed by atoms with van der Waals surface area (Å²) in [7, 11) is 0. The number of aliphatic hydroxyl groups excluding tert-OH is 2. The van der Waals surface area contributed by atoms with E-state index in [1.54, 1.807) is 5.57 Å². The Kier molecular flexibility index (Phi) is 8.97. The second-order valence-electron chi connectivity index (χ2n) is 12.8. The van der Waals surface area contributed by atoms with Crippen molar-refractivity contribution in [1.82, 2.24) is 0 Å². The monoisotopic (exact) mass is 472 g/mol. The molecule has 2 unspecified atom stereocenters. The van der Waals surface area contributed by atoms with Gasteiger partial charge < -0.3 is 15.3 Å². The number of allylic oxidation sites excluding steroid dienone is 3. The van der Waals surface area contributed by atoms with Crippen molar-refractivity contribution in [2.24, 2.45) is 35.0 Å². The van der Waals surface area contributed by atoms with Crippen molar-refractivity contribution in [3.05, 3.63) is 35.5 Å². The Morgan fingerprint density at radius 1 is 1.09 bits per heavy atom. The van der Waals surface area contributed by atoms with E-state index in [1.807, 2.05) is 0 Å². The van der Waals surface area contributed by atoms with Crippen molar-refractivity contribution in [3.8, 4) is 0 Å². The Hall–Kier alpha value is -0.900. The maximum atomic E-state index is 11.2. The molecule has 0 aromatic heterocycles. The fourth-order valence-corrected chi connectivity index (χ4v) is 7.83. The number of fused-ring (bicyclic) bond motifs is 1. The van der Waals surface area contributed by atoms with Crippen molar-refractivity contribution in [2.45, 2.75) is 124 Å². The van der Waals surface area contributed by atoms with Crippen LogP contribution < -0.4 is 0 Å². The quantitative estimate of drug-likeness (QED) is 0.357. The summed E-state index contributed by atoms with van der Waals surface area (Å²) in [5, 5.41) is 31.5. The van der Waals surface area contributed by atoms with Crippen LogP contribution in [0.5, 0.6) is 0 Å². The van der Waals surface area contributed by atoms with Gasteiger partial charge in [0.25, 0.3) is 0 Å². The lowest BCUT2D eigenvalue weighted by Gasteiger charge is -2.44. The van der Waals surface area contributed by atoms with Crippen LogP contribution in [-0.2, 0) is 0 Å². The third-order valence-corrected chi connectivity index (χ3v) is 10.2. The third kappa shape index (κ3) is 5.57. The molecular formula is C31H52O3. The van der Waals surface area contributed by atoms with Crippen molar-refractivity contribution < 1.29 is 15.3 Å². The molecule has 0 amide bonds. The SMILES string of the molecule is C=C1/C(=C\C=C2/CCC[C@@]3(C)C2CCC3[C@H](C)CCCC(O)(C(C)C)C(C)C)C[C@@H](O)C[C@@H]1O. The molecule has 194 valence electrons. The Balaban J connectivity index is 1.67. The van der Waals surface area contributed by atoms with Crippen LogP contribution >= 0.6 is 0 Å². The molecule has 6 atom stereocenters. The summed E-state index contributed by atoms with van der Waals surface area (Å²) in [5.74, 6) is 2.64. The predicted octanol–water partition coefficient (Wildman–Crippen LogP) is 6.98. The third-order valence-electron chi connectivity index (χ3n) is 10.2. The summed E-state index contributed by atoms with van der Waals surface area (Å²) in [6.07, 6.45) is 13.9. The zero-order valence-electron chi connectivity index (χ0n) is 22.8.